The molecule has 3 aliphatic rings. The number of methoxy groups -OCH3 is 1. The molecule has 268 valence electrons. The average Bonchev–Trinajstić information content (AvgIpc) is 3.90. The Balaban J connectivity index is 0.994. The molecule has 0 radical (unpaired) electrons. The van der Waals surface area contributed by atoms with Gasteiger partial charge in [0.05, 0.1) is 31.0 Å². The number of carbonyl (C=O) groups is 1. The fourth-order valence-electron chi connectivity index (χ4n) is 7.70. The number of ether oxygens (including phenoxy) is 2. The molecule has 2 aromatic carbocycles. The smallest absolute Gasteiger partial charge is 0.307 e. The monoisotopic (exact) mass is 705 g/mol. The number of fused-ring (bicyclic) bond motifs is 2. The number of β-amino-alcohol motifs (C(OH)–C–C–N with tert-alkyl or cyclic N) is 1. The Morgan fingerprint density at radius 1 is 0.981 bits per heavy atom. The lowest BCUT2D eigenvalue weighted by Crippen LogP contribution is -2.22. The number of nitrogens with one attached hydrogen (secondary N) is 1. The number of anilines is 2. The van der Waals surface area contributed by atoms with Crippen molar-refractivity contribution < 1.29 is 28.9 Å². The summed E-state index contributed by atoms with van der Waals surface area (Å²) in [5, 5.41) is 23.3. The zero-order valence-electron chi connectivity index (χ0n) is 28.8. The number of aromatic nitrogens is 4. The van der Waals surface area contributed by atoms with E-state index in [2.05, 4.69) is 35.1 Å². The van der Waals surface area contributed by atoms with Gasteiger partial charge in [-0.2, -0.15) is 4.98 Å². The lowest BCUT2D eigenvalue weighted by atomic mass is 9.96. The van der Waals surface area contributed by atoms with Gasteiger partial charge < -0.3 is 25.0 Å². The molecule has 0 spiro atoms. The predicted molar refractivity (Wildman–Crippen MR) is 192 cm³/mol. The third-order valence-electron chi connectivity index (χ3n) is 10.3. The van der Waals surface area contributed by atoms with E-state index < -0.39 is 11.8 Å². The van der Waals surface area contributed by atoms with Crippen molar-refractivity contribution in [1.82, 2.24) is 29.7 Å². The second-order valence-electron chi connectivity index (χ2n) is 13.8. The number of halogens is 1. The van der Waals surface area contributed by atoms with Crippen LogP contribution < -0.4 is 14.8 Å². The third-order valence-corrected chi connectivity index (χ3v) is 10.3. The molecule has 1 aliphatic carbocycles. The van der Waals surface area contributed by atoms with Gasteiger partial charge in [-0.05, 0) is 72.7 Å². The topological polar surface area (TPSA) is 146 Å². The van der Waals surface area contributed by atoms with E-state index in [9.17, 15) is 15.0 Å². The van der Waals surface area contributed by atoms with Crippen LogP contribution >= 0.6 is 0 Å². The van der Waals surface area contributed by atoms with Gasteiger partial charge in [-0.1, -0.05) is 30.3 Å². The van der Waals surface area contributed by atoms with Crippen LogP contribution in [-0.4, -0.2) is 85.3 Å². The number of aliphatic hydroxyl groups excluding tert-OH is 1. The van der Waals surface area contributed by atoms with Gasteiger partial charge in [0.25, 0.3) is 0 Å². The lowest BCUT2D eigenvalue weighted by Gasteiger charge is -2.18. The van der Waals surface area contributed by atoms with Crippen LogP contribution in [0.4, 0.5) is 15.9 Å². The molecule has 2 saturated heterocycles. The molecule has 2 fully saturated rings. The van der Waals surface area contributed by atoms with E-state index in [1.807, 2.05) is 36.4 Å². The van der Waals surface area contributed by atoms with Crippen molar-refractivity contribution in [3.8, 4) is 22.9 Å². The van der Waals surface area contributed by atoms with E-state index in [-0.39, 0.29) is 23.8 Å². The SMILES string of the molecule is COc1nc(O[C@@H]2CCc3c(-c4cccc(Nc5nccc6cc(CN7CC[C@@H](C(=O)O)C7)cnc56)c4F)cccc32)cnc1CN1CC[C@@H](O)C1. The maximum Gasteiger partial charge on any atom is 0.307 e. The number of hydrogen-bond acceptors (Lipinski definition) is 11. The summed E-state index contributed by atoms with van der Waals surface area (Å²) in [6.07, 6.45) is 7.26. The Kier molecular flexibility index (Phi) is 9.39. The number of hydrogen-bond donors (Lipinski definition) is 3. The van der Waals surface area contributed by atoms with E-state index in [4.69, 9.17) is 9.47 Å². The van der Waals surface area contributed by atoms with Crippen LogP contribution in [0.2, 0.25) is 0 Å². The normalized spacial score (nSPS) is 20.3. The van der Waals surface area contributed by atoms with E-state index in [0.29, 0.717) is 79.8 Å². The molecule has 2 aliphatic heterocycles. The molecule has 52 heavy (non-hydrogen) atoms. The summed E-state index contributed by atoms with van der Waals surface area (Å²) < 4.78 is 28.3. The predicted octanol–water partition coefficient (Wildman–Crippen LogP) is 5.52. The first-order valence-electron chi connectivity index (χ1n) is 17.7. The molecule has 3 N–H and O–H groups in total. The van der Waals surface area contributed by atoms with E-state index >= 15 is 4.39 Å². The molecule has 0 amide bonds. The van der Waals surface area contributed by atoms with Crippen molar-refractivity contribution >= 4 is 28.4 Å². The second kappa shape index (κ2) is 14.4. The van der Waals surface area contributed by atoms with E-state index in [1.54, 1.807) is 37.8 Å². The van der Waals surface area contributed by atoms with Gasteiger partial charge in [0.2, 0.25) is 11.8 Å². The van der Waals surface area contributed by atoms with Gasteiger partial charge >= 0.3 is 5.97 Å². The highest BCUT2D eigenvalue weighted by Crippen LogP contribution is 2.42. The van der Waals surface area contributed by atoms with Gasteiger partial charge in [0.1, 0.15) is 17.3 Å². The molecule has 0 unspecified atom stereocenters. The van der Waals surface area contributed by atoms with E-state index in [0.717, 1.165) is 47.2 Å². The van der Waals surface area contributed by atoms with Crippen LogP contribution in [0.25, 0.3) is 22.0 Å². The molecule has 5 heterocycles. The van der Waals surface area contributed by atoms with Crippen molar-refractivity contribution in [3.63, 3.8) is 0 Å². The summed E-state index contributed by atoms with van der Waals surface area (Å²) in [6.45, 7) is 3.79. The van der Waals surface area contributed by atoms with Crippen molar-refractivity contribution in [1.29, 1.82) is 0 Å². The molecule has 0 saturated carbocycles. The first-order valence-corrected chi connectivity index (χ1v) is 17.7. The molecule has 5 aromatic rings. The number of benzene rings is 2. The van der Waals surface area contributed by atoms with Crippen molar-refractivity contribution in [2.75, 3.05) is 38.6 Å². The number of aliphatic carboxylic acids is 1. The number of aliphatic hydroxyl groups is 1. The first kappa shape index (κ1) is 33.9. The number of rotatable bonds is 11. The fraction of sp³-hybridized carbons (Fsp3) is 0.359. The number of likely N-dealkylation sites (tertiary alicyclic amines) is 2. The largest absolute Gasteiger partial charge is 0.481 e. The molecule has 0 bridgehead atoms. The van der Waals surface area contributed by atoms with Crippen LogP contribution in [0.5, 0.6) is 11.8 Å². The highest BCUT2D eigenvalue weighted by molar-refractivity contribution is 5.90. The molecule has 3 aromatic heterocycles. The summed E-state index contributed by atoms with van der Waals surface area (Å²) in [4.78, 5) is 34.0. The second-order valence-corrected chi connectivity index (χ2v) is 13.8. The maximum atomic E-state index is 16.4. The third kappa shape index (κ3) is 6.86. The van der Waals surface area contributed by atoms with Gasteiger partial charge in [-0.25, -0.2) is 14.4 Å². The Labute approximate surface area is 300 Å². The van der Waals surface area contributed by atoms with Gasteiger partial charge in [0.15, 0.2) is 11.6 Å². The van der Waals surface area contributed by atoms with Gasteiger partial charge in [-0.15, -0.1) is 0 Å². The minimum absolute atomic E-state index is 0.280. The minimum atomic E-state index is -0.752. The Hall–Kier alpha value is -5.24. The highest BCUT2D eigenvalue weighted by Gasteiger charge is 2.30. The van der Waals surface area contributed by atoms with Gasteiger partial charge in [-0.3, -0.25) is 19.6 Å². The molecule has 3 atom stereocenters. The van der Waals surface area contributed by atoms with E-state index in [1.165, 1.54) is 0 Å². The average molecular weight is 706 g/mol. The molecule has 12 nitrogen and oxygen atoms in total. The Morgan fingerprint density at radius 2 is 1.81 bits per heavy atom. The molecule has 13 heteroatoms. The highest BCUT2D eigenvalue weighted by atomic mass is 19.1. The fourth-order valence-corrected chi connectivity index (χ4v) is 7.70. The number of pyridine rings is 2. The maximum absolute atomic E-state index is 16.4. The standard InChI is InChI=1S/C39H40FN7O5/c1-51-38-32(22-47-15-12-26(48)21-47)42-18-34(45-38)52-33-9-8-28-27(4-2-5-29(28)33)30-6-3-7-31(35(30)40)44-37-36-24(10-13-41-37)16-23(17-43-36)19-46-14-11-25(20-46)39(49)50/h2-7,10,13,16-18,25-26,33,48H,8-9,11-12,14-15,19-22H2,1H3,(H,41,44)(H,49,50)/t25-,26-,33-/m1/s1. The lowest BCUT2D eigenvalue weighted by molar-refractivity contribution is -0.141. The molecular weight excluding hydrogens is 665 g/mol. The summed E-state index contributed by atoms with van der Waals surface area (Å²) in [5.74, 6) is -0.289. The van der Waals surface area contributed by atoms with Crippen LogP contribution in [0, 0.1) is 11.7 Å². The van der Waals surface area contributed by atoms with Crippen molar-refractivity contribution in [3.05, 3.63) is 95.3 Å². The Morgan fingerprint density at radius 3 is 2.62 bits per heavy atom. The number of carboxylic acid groups (broad SMARTS) is 1. The number of nitrogens with zero attached hydrogens (tertiary/aromatic N) is 6. The number of carboxylic acids is 1. The first-order chi connectivity index (χ1) is 25.3. The minimum Gasteiger partial charge on any atom is -0.481 e. The van der Waals surface area contributed by atoms with Crippen LogP contribution in [0.15, 0.2) is 67.1 Å². The summed E-state index contributed by atoms with van der Waals surface area (Å²) in [7, 11) is 1.56. The summed E-state index contributed by atoms with van der Waals surface area (Å²) >= 11 is 0. The van der Waals surface area contributed by atoms with Crippen LogP contribution in [0.3, 0.4) is 0 Å². The van der Waals surface area contributed by atoms with Crippen molar-refractivity contribution in [2.45, 2.75) is 51.0 Å². The quantitative estimate of drug-likeness (QED) is 0.159. The molecular formula is C39H40FN7O5. The zero-order valence-corrected chi connectivity index (χ0v) is 28.8. The van der Waals surface area contributed by atoms with Gasteiger partial charge in [0, 0.05) is 56.1 Å². The molecule has 8 rings (SSSR count). The Bertz CT molecular complexity index is 2130. The summed E-state index contributed by atoms with van der Waals surface area (Å²) in [6, 6.07) is 15.1. The zero-order chi connectivity index (χ0) is 35.8. The summed E-state index contributed by atoms with van der Waals surface area (Å²) in [5.41, 5.74) is 5.85. The van der Waals surface area contributed by atoms with Crippen molar-refractivity contribution in [2.24, 2.45) is 5.92 Å². The van der Waals surface area contributed by atoms with Crippen LogP contribution in [-0.2, 0) is 24.3 Å². The van der Waals surface area contributed by atoms with Crippen LogP contribution in [0.1, 0.15) is 47.8 Å².